The van der Waals surface area contributed by atoms with Gasteiger partial charge in [-0.3, -0.25) is 4.90 Å². The second-order valence-electron chi connectivity index (χ2n) is 8.99. The van der Waals surface area contributed by atoms with Gasteiger partial charge in [-0.25, -0.2) is 9.78 Å². The van der Waals surface area contributed by atoms with Gasteiger partial charge in [-0.1, -0.05) is 31.5 Å². The van der Waals surface area contributed by atoms with E-state index in [0.29, 0.717) is 23.5 Å². The van der Waals surface area contributed by atoms with Gasteiger partial charge in [0, 0.05) is 42.1 Å². The zero-order valence-electron chi connectivity index (χ0n) is 22.5. The molecule has 0 saturated heterocycles. The number of hydrogen-bond donors (Lipinski definition) is 1. The molecule has 0 aliphatic carbocycles. The van der Waals surface area contributed by atoms with Crippen LogP contribution >= 0.6 is 0 Å². The zero-order valence-corrected chi connectivity index (χ0v) is 22.5. The fraction of sp³-hybridized carbons (Fsp3) is 0.300. The number of carbonyl (C=O) groups is 1. The highest BCUT2D eigenvalue weighted by Crippen LogP contribution is 2.34. The third-order valence-electron chi connectivity index (χ3n) is 6.61. The average Bonchev–Trinajstić information content (AvgIpc) is 3.19. The molecule has 0 fully saturated rings. The molecule has 4 aromatic rings. The molecule has 0 unspecified atom stereocenters. The fourth-order valence-electron chi connectivity index (χ4n) is 4.45. The predicted molar refractivity (Wildman–Crippen MR) is 149 cm³/mol. The molecule has 0 aliphatic heterocycles. The molecule has 2 aromatic heterocycles. The smallest absolute Gasteiger partial charge is 0.340 e. The van der Waals surface area contributed by atoms with E-state index >= 15 is 0 Å². The first-order valence-electron chi connectivity index (χ1n) is 12.8. The molecule has 0 spiro atoms. The first-order valence-corrected chi connectivity index (χ1v) is 12.8. The minimum Gasteiger partial charge on any atom is -0.462 e. The van der Waals surface area contributed by atoms with Gasteiger partial charge >= 0.3 is 5.97 Å². The molecular formula is C30H33N5O3. The number of benzene rings is 2. The van der Waals surface area contributed by atoms with Crippen molar-refractivity contribution in [2.45, 2.75) is 34.2 Å². The van der Waals surface area contributed by atoms with E-state index in [1.165, 1.54) is 0 Å². The lowest BCUT2D eigenvalue weighted by Crippen LogP contribution is -2.25. The Morgan fingerprint density at radius 1 is 1.11 bits per heavy atom. The van der Waals surface area contributed by atoms with Crippen LogP contribution in [0, 0.1) is 18.3 Å². The Morgan fingerprint density at radius 2 is 1.84 bits per heavy atom. The first kappa shape index (κ1) is 26.7. The molecule has 1 N–H and O–H groups in total. The van der Waals surface area contributed by atoms with Crippen LogP contribution in [-0.2, 0) is 18.3 Å². The van der Waals surface area contributed by atoms with E-state index in [1.54, 1.807) is 19.2 Å². The van der Waals surface area contributed by atoms with Gasteiger partial charge in [-0.15, -0.1) is 0 Å². The maximum Gasteiger partial charge on any atom is 0.340 e. The number of nitrogens with zero attached hydrogens (tertiary/aromatic N) is 4. The van der Waals surface area contributed by atoms with Crippen LogP contribution in [0.1, 0.15) is 48.0 Å². The van der Waals surface area contributed by atoms with Crippen molar-refractivity contribution in [2.24, 2.45) is 7.05 Å². The van der Waals surface area contributed by atoms with Gasteiger partial charge in [0.15, 0.2) is 0 Å². The Balaban J connectivity index is 1.74. The molecule has 0 amide bonds. The van der Waals surface area contributed by atoms with Crippen LogP contribution in [0.5, 0.6) is 11.6 Å². The normalized spacial score (nSPS) is 11.0. The van der Waals surface area contributed by atoms with Crippen molar-refractivity contribution in [3.05, 3.63) is 77.1 Å². The van der Waals surface area contributed by atoms with Crippen molar-refractivity contribution in [1.82, 2.24) is 14.5 Å². The minimum atomic E-state index is -0.363. The van der Waals surface area contributed by atoms with Crippen molar-refractivity contribution in [2.75, 3.05) is 25.0 Å². The quantitative estimate of drug-likeness (QED) is 0.250. The topological polar surface area (TPSA) is 92.4 Å². The lowest BCUT2D eigenvalue weighted by Gasteiger charge is -2.19. The van der Waals surface area contributed by atoms with E-state index in [-0.39, 0.29) is 24.0 Å². The van der Waals surface area contributed by atoms with Crippen molar-refractivity contribution < 1.29 is 14.3 Å². The minimum absolute atomic E-state index is 0.181. The molecule has 0 bridgehead atoms. The summed E-state index contributed by atoms with van der Waals surface area (Å²) in [6.07, 6.45) is 1.60. The van der Waals surface area contributed by atoms with Crippen molar-refractivity contribution >= 4 is 28.2 Å². The van der Waals surface area contributed by atoms with Crippen molar-refractivity contribution in [1.29, 1.82) is 5.26 Å². The van der Waals surface area contributed by atoms with Gasteiger partial charge in [-0.05, 0) is 63.3 Å². The van der Waals surface area contributed by atoms with E-state index in [0.717, 1.165) is 40.9 Å². The number of aromatic nitrogens is 2. The van der Waals surface area contributed by atoms with E-state index in [1.807, 2.05) is 61.0 Å². The third kappa shape index (κ3) is 5.48. The summed E-state index contributed by atoms with van der Waals surface area (Å²) in [6, 6.07) is 17.4. The van der Waals surface area contributed by atoms with E-state index in [2.05, 4.69) is 35.1 Å². The van der Waals surface area contributed by atoms with E-state index in [4.69, 9.17) is 9.47 Å². The SMILES string of the molecule is CCOC(=O)c1c(CN(CC)CC)n(C)c2ccc(Oc3nccc(Nc4ccc(C)cc4)c3C#N)cc12. The number of ether oxygens (including phenoxy) is 2. The molecule has 4 rings (SSSR count). The molecular weight excluding hydrogens is 478 g/mol. The van der Waals surface area contributed by atoms with Crippen molar-refractivity contribution in [3.8, 4) is 17.7 Å². The third-order valence-corrected chi connectivity index (χ3v) is 6.61. The highest BCUT2D eigenvalue weighted by molar-refractivity contribution is 6.06. The average molecular weight is 512 g/mol. The van der Waals surface area contributed by atoms with E-state index < -0.39 is 0 Å². The van der Waals surface area contributed by atoms with Gasteiger partial charge in [0.05, 0.1) is 17.9 Å². The second kappa shape index (κ2) is 11.8. The molecule has 2 aromatic carbocycles. The molecule has 0 saturated carbocycles. The fourth-order valence-corrected chi connectivity index (χ4v) is 4.45. The number of anilines is 2. The Labute approximate surface area is 223 Å². The maximum atomic E-state index is 13.1. The molecule has 8 heteroatoms. The summed E-state index contributed by atoms with van der Waals surface area (Å²) in [5, 5.41) is 13.9. The van der Waals surface area contributed by atoms with Gasteiger partial charge in [0.25, 0.3) is 0 Å². The standard InChI is InChI=1S/C30H33N5O3/c1-6-35(7-2)19-27-28(30(36)37-8-3)23-17-22(13-14-26(23)34(27)5)38-29-24(18-31)25(15-16-32-29)33-21-11-9-20(4)10-12-21/h9-17H,6-8,19H2,1-5H3,(H,32,33). The van der Waals surface area contributed by atoms with Gasteiger partial charge in [-0.2, -0.15) is 5.26 Å². The van der Waals surface area contributed by atoms with Crippen LogP contribution in [-0.4, -0.2) is 40.1 Å². The number of rotatable bonds is 10. The Hall–Kier alpha value is -4.35. The number of aryl methyl sites for hydroxylation is 2. The Bertz CT molecular complexity index is 1480. The largest absolute Gasteiger partial charge is 0.462 e. The van der Waals surface area contributed by atoms with Gasteiger partial charge in [0.2, 0.25) is 5.88 Å². The number of pyridine rings is 1. The van der Waals surface area contributed by atoms with Gasteiger partial charge in [0.1, 0.15) is 17.4 Å². The number of fused-ring (bicyclic) bond motifs is 1. The number of carbonyl (C=O) groups excluding carboxylic acids is 1. The summed E-state index contributed by atoms with van der Waals surface area (Å²) in [6.45, 7) is 10.7. The summed E-state index contributed by atoms with van der Waals surface area (Å²) in [7, 11) is 1.96. The maximum absolute atomic E-state index is 13.1. The molecule has 0 aliphatic rings. The molecule has 0 atom stereocenters. The highest BCUT2D eigenvalue weighted by atomic mass is 16.5. The van der Waals surface area contributed by atoms with Crippen LogP contribution in [0.3, 0.4) is 0 Å². The molecule has 0 radical (unpaired) electrons. The number of nitrogens with one attached hydrogen (secondary N) is 1. The Kier molecular flexibility index (Phi) is 8.29. The molecule has 2 heterocycles. The van der Waals surface area contributed by atoms with Crippen LogP contribution in [0.4, 0.5) is 11.4 Å². The molecule has 38 heavy (non-hydrogen) atoms. The lowest BCUT2D eigenvalue weighted by atomic mass is 10.1. The predicted octanol–water partition coefficient (Wildman–Crippen LogP) is 6.31. The lowest BCUT2D eigenvalue weighted by molar-refractivity contribution is 0.0526. The van der Waals surface area contributed by atoms with Crippen LogP contribution in [0.15, 0.2) is 54.7 Å². The number of hydrogen-bond acceptors (Lipinski definition) is 7. The van der Waals surface area contributed by atoms with Crippen LogP contribution in [0.25, 0.3) is 10.9 Å². The van der Waals surface area contributed by atoms with E-state index in [9.17, 15) is 10.1 Å². The van der Waals surface area contributed by atoms with Crippen LogP contribution < -0.4 is 10.1 Å². The number of nitriles is 1. The summed E-state index contributed by atoms with van der Waals surface area (Å²) in [4.78, 5) is 19.7. The highest BCUT2D eigenvalue weighted by Gasteiger charge is 2.24. The summed E-state index contributed by atoms with van der Waals surface area (Å²) in [5.41, 5.74) is 5.20. The summed E-state index contributed by atoms with van der Waals surface area (Å²) in [5.74, 6) is 0.290. The zero-order chi connectivity index (χ0) is 27.2. The summed E-state index contributed by atoms with van der Waals surface area (Å²) >= 11 is 0. The molecule has 8 nitrogen and oxygen atoms in total. The first-order chi connectivity index (χ1) is 18.4. The summed E-state index contributed by atoms with van der Waals surface area (Å²) < 4.78 is 13.6. The second-order valence-corrected chi connectivity index (χ2v) is 8.99. The Morgan fingerprint density at radius 3 is 2.50 bits per heavy atom. The monoisotopic (exact) mass is 511 g/mol. The number of esters is 1. The van der Waals surface area contributed by atoms with Crippen LogP contribution in [0.2, 0.25) is 0 Å². The molecule has 196 valence electrons. The van der Waals surface area contributed by atoms with Gasteiger partial charge < -0.3 is 19.4 Å². The van der Waals surface area contributed by atoms with Crippen molar-refractivity contribution in [3.63, 3.8) is 0 Å².